The summed E-state index contributed by atoms with van der Waals surface area (Å²) in [4.78, 5) is 38.1. The fourth-order valence-electron chi connectivity index (χ4n) is 3.55. The lowest BCUT2D eigenvalue weighted by Gasteiger charge is -2.17. The van der Waals surface area contributed by atoms with Gasteiger partial charge in [-0.3, -0.25) is 19.5 Å². The zero-order valence-corrected chi connectivity index (χ0v) is 19.1. The number of carboxylic acid groups (broad SMARTS) is 1. The van der Waals surface area contributed by atoms with Gasteiger partial charge in [-0.1, -0.05) is 19.1 Å². The van der Waals surface area contributed by atoms with Crippen molar-refractivity contribution in [3.63, 3.8) is 0 Å². The number of likely N-dealkylation sites (N-methyl/N-ethyl adjacent to an activating group) is 1. The molecule has 1 aromatic carbocycles. The fourth-order valence-corrected chi connectivity index (χ4v) is 3.55. The first kappa shape index (κ1) is 22.9. The van der Waals surface area contributed by atoms with Crippen LogP contribution < -0.4 is 10.2 Å². The maximum Gasteiger partial charge on any atom is 0.303 e. The third-order valence-electron chi connectivity index (χ3n) is 5.61. The average Bonchev–Trinajstić information content (AvgIpc) is 3.21. The van der Waals surface area contributed by atoms with Crippen molar-refractivity contribution in [1.29, 1.82) is 0 Å². The van der Waals surface area contributed by atoms with E-state index in [9.17, 15) is 9.59 Å². The lowest BCUT2D eigenvalue weighted by atomic mass is 10.00. The Morgan fingerprint density at radius 2 is 2.00 bits per heavy atom. The quantitative estimate of drug-likeness (QED) is 0.396. The first-order valence-electron chi connectivity index (χ1n) is 10.8. The summed E-state index contributed by atoms with van der Waals surface area (Å²) < 4.78 is 5.84. The Morgan fingerprint density at radius 3 is 2.71 bits per heavy atom. The van der Waals surface area contributed by atoms with Crippen molar-refractivity contribution >= 4 is 40.5 Å². The van der Waals surface area contributed by atoms with Gasteiger partial charge in [0.15, 0.2) is 5.58 Å². The van der Waals surface area contributed by atoms with E-state index in [1.54, 1.807) is 37.8 Å². The van der Waals surface area contributed by atoms with E-state index >= 15 is 0 Å². The molecule has 0 aliphatic heterocycles. The van der Waals surface area contributed by atoms with Crippen LogP contribution in [0, 0.1) is 6.92 Å². The number of pyridine rings is 2. The third kappa shape index (κ3) is 5.20. The van der Waals surface area contributed by atoms with E-state index in [0.29, 0.717) is 22.9 Å². The number of nitrogens with zero attached hydrogens (tertiary/aromatic N) is 4. The van der Waals surface area contributed by atoms with Crippen LogP contribution in [0.5, 0.6) is 0 Å². The minimum Gasteiger partial charge on any atom is -0.481 e. The number of hydrogen-bond donors (Lipinski definition) is 2. The molecule has 1 unspecified atom stereocenters. The smallest absolute Gasteiger partial charge is 0.303 e. The SMILES string of the molecule is Cc1cnccc1Nc1nc2ccc(CC(=O)N(C)c3ccc(C(C)CC(=O)O)cn3)cc2o1. The van der Waals surface area contributed by atoms with Gasteiger partial charge in [0.25, 0.3) is 6.01 Å². The zero-order valence-electron chi connectivity index (χ0n) is 19.1. The first-order chi connectivity index (χ1) is 16.3. The van der Waals surface area contributed by atoms with E-state index in [1.165, 1.54) is 4.90 Å². The lowest BCUT2D eigenvalue weighted by molar-refractivity contribution is -0.137. The number of carboxylic acids is 1. The van der Waals surface area contributed by atoms with Gasteiger partial charge >= 0.3 is 5.97 Å². The van der Waals surface area contributed by atoms with Crippen molar-refractivity contribution < 1.29 is 19.1 Å². The van der Waals surface area contributed by atoms with Gasteiger partial charge in [-0.15, -0.1) is 0 Å². The summed E-state index contributed by atoms with van der Waals surface area (Å²) in [5, 5.41) is 12.1. The number of hydrogen-bond acceptors (Lipinski definition) is 7. The molecule has 1 amide bonds. The predicted molar refractivity (Wildman–Crippen MR) is 128 cm³/mol. The minimum absolute atomic E-state index is 0.0271. The van der Waals surface area contributed by atoms with Crippen LogP contribution in [0.4, 0.5) is 17.5 Å². The monoisotopic (exact) mass is 459 g/mol. The normalized spacial score (nSPS) is 11.9. The molecule has 0 bridgehead atoms. The van der Waals surface area contributed by atoms with Crippen molar-refractivity contribution in [3.8, 4) is 0 Å². The molecular formula is C25H25N5O4. The fraction of sp³-hybridized carbons (Fsp3) is 0.240. The molecule has 0 saturated carbocycles. The number of fused-ring (bicyclic) bond motifs is 1. The number of rotatable bonds is 8. The number of anilines is 3. The Balaban J connectivity index is 1.44. The van der Waals surface area contributed by atoms with E-state index in [2.05, 4.69) is 20.3 Å². The van der Waals surface area contributed by atoms with Crippen molar-refractivity contribution in [1.82, 2.24) is 15.0 Å². The largest absolute Gasteiger partial charge is 0.481 e. The van der Waals surface area contributed by atoms with Gasteiger partial charge in [-0.2, -0.15) is 4.98 Å². The zero-order chi connectivity index (χ0) is 24.2. The Hall–Kier alpha value is -4.27. The number of aliphatic carboxylic acids is 1. The van der Waals surface area contributed by atoms with E-state index in [0.717, 1.165) is 22.4 Å². The molecule has 0 radical (unpaired) electrons. The first-order valence-corrected chi connectivity index (χ1v) is 10.8. The maximum atomic E-state index is 12.8. The molecule has 4 rings (SSSR count). The van der Waals surface area contributed by atoms with Gasteiger partial charge < -0.3 is 14.8 Å². The number of aromatic nitrogens is 3. The summed E-state index contributed by atoms with van der Waals surface area (Å²) in [6.45, 7) is 3.77. The van der Waals surface area contributed by atoms with Gasteiger partial charge in [-0.05, 0) is 53.8 Å². The number of amides is 1. The van der Waals surface area contributed by atoms with Crippen LogP contribution >= 0.6 is 0 Å². The van der Waals surface area contributed by atoms with Gasteiger partial charge in [-0.25, -0.2) is 4.98 Å². The van der Waals surface area contributed by atoms with Crippen molar-refractivity contribution in [2.45, 2.75) is 32.6 Å². The van der Waals surface area contributed by atoms with E-state index < -0.39 is 5.97 Å². The summed E-state index contributed by atoms with van der Waals surface area (Å²) in [5.41, 5.74) is 4.70. The van der Waals surface area contributed by atoms with Crippen LogP contribution in [0.3, 0.4) is 0 Å². The lowest BCUT2D eigenvalue weighted by Crippen LogP contribution is -2.28. The van der Waals surface area contributed by atoms with Crippen LogP contribution in [-0.4, -0.2) is 39.0 Å². The second kappa shape index (κ2) is 9.70. The second-order valence-corrected chi connectivity index (χ2v) is 8.21. The molecular weight excluding hydrogens is 434 g/mol. The van der Waals surface area contributed by atoms with E-state index in [1.807, 2.05) is 38.1 Å². The molecule has 0 aliphatic rings. The molecule has 0 aliphatic carbocycles. The highest BCUT2D eigenvalue weighted by atomic mass is 16.4. The van der Waals surface area contributed by atoms with Crippen molar-refractivity contribution in [2.75, 3.05) is 17.3 Å². The Morgan fingerprint density at radius 1 is 1.18 bits per heavy atom. The molecule has 3 aromatic heterocycles. The van der Waals surface area contributed by atoms with Gasteiger partial charge in [0.1, 0.15) is 11.3 Å². The topological polar surface area (TPSA) is 121 Å². The number of nitrogens with one attached hydrogen (secondary N) is 1. The third-order valence-corrected chi connectivity index (χ3v) is 5.61. The minimum atomic E-state index is -0.858. The summed E-state index contributed by atoms with van der Waals surface area (Å²) in [5.74, 6) is -0.654. The summed E-state index contributed by atoms with van der Waals surface area (Å²) in [6, 6.07) is 11.2. The Kier molecular flexibility index (Phi) is 6.53. The van der Waals surface area contributed by atoms with E-state index in [-0.39, 0.29) is 24.7 Å². The number of oxazole rings is 1. The predicted octanol–water partition coefficient (Wildman–Crippen LogP) is 4.45. The second-order valence-electron chi connectivity index (χ2n) is 8.21. The highest BCUT2D eigenvalue weighted by Gasteiger charge is 2.16. The van der Waals surface area contributed by atoms with Gasteiger partial charge in [0, 0.05) is 31.3 Å². The Bertz CT molecular complexity index is 1330. The molecule has 174 valence electrons. The molecule has 0 saturated heterocycles. The van der Waals surface area contributed by atoms with Crippen LogP contribution in [0.25, 0.3) is 11.1 Å². The van der Waals surface area contributed by atoms with Crippen LogP contribution in [0.1, 0.15) is 36.0 Å². The van der Waals surface area contributed by atoms with Gasteiger partial charge in [0.2, 0.25) is 5.91 Å². The molecule has 1 atom stereocenters. The molecule has 9 nitrogen and oxygen atoms in total. The summed E-state index contributed by atoms with van der Waals surface area (Å²) in [7, 11) is 1.66. The molecule has 4 aromatic rings. The Labute approximate surface area is 196 Å². The standard InChI is InChI=1S/C25H25N5O4/c1-15(10-24(32)33)18-5-7-22(27-14-18)30(3)23(31)12-17-4-6-20-21(11-17)34-25(29-20)28-19-8-9-26-13-16(19)2/h4-9,11,13-15H,10,12H2,1-3H3,(H,32,33)(H,26,28,29). The molecule has 3 heterocycles. The summed E-state index contributed by atoms with van der Waals surface area (Å²) in [6.07, 6.45) is 5.26. The number of aryl methyl sites for hydroxylation is 1. The van der Waals surface area contributed by atoms with E-state index in [4.69, 9.17) is 9.52 Å². The van der Waals surface area contributed by atoms with Crippen molar-refractivity contribution in [2.24, 2.45) is 0 Å². The molecule has 0 fully saturated rings. The highest BCUT2D eigenvalue weighted by molar-refractivity contribution is 5.93. The van der Waals surface area contributed by atoms with Gasteiger partial charge in [0.05, 0.1) is 12.8 Å². The average molecular weight is 460 g/mol. The van der Waals surface area contributed by atoms with Crippen molar-refractivity contribution in [3.05, 3.63) is 71.7 Å². The number of carbonyl (C=O) groups is 2. The number of carbonyl (C=O) groups excluding carboxylic acids is 1. The highest BCUT2D eigenvalue weighted by Crippen LogP contribution is 2.25. The molecule has 0 spiro atoms. The molecule has 9 heteroatoms. The molecule has 2 N–H and O–H groups in total. The van der Waals surface area contributed by atoms with Crippen LogP contribution in [0.15, 0.2) is 59.4 Å². The van der Waals surface area contributed by atoms with Crippen LogP contribution in [0.2, 0.25) is 0 Å². The number of benzene rings is 1. The van der Waals surface area contributed by atoms with Crippen LogP contribution in [-0.2, 0) is 16.0 Å². The summed E-state index contributed by atoms with van der Waals surface area (Å²) >= 11 is 0. The molecule has 34 heavy (non-hydrogen) atoms. The maximum absolute atomic E-state index is 12.8.